The molecule has 26 heavy (non-hydrogen) atoms. The van der Waals surface area contributed by atoms with Gasteiger partial charge in [0.05, 0.1) is 23.8 Å². The maximum Gasteiger partial charge on any atom is 0.340 e. The highest BCUT2D eigenvalue weighted by Gasteiger charge is 2.49. The van der Waals surface area contributed by atoms with E-state index in [1.165, 1.54) is 0 Å². The first-order chi connectivity index (χ1) is 12.7. The SMILES string of the molecule is O=C(O[C@@H]1C[C@@H]2OC[C@@H](OC(=O)c3ccccc3)[C@H]2O1)c1ccccc1. The van der Waals surface area contributed by atoms with E-state index in [-0.39, 0.29) is 12.7 Å². The number of ether oxygens (including phenoxy) is 4. The summed E-state index contributed by atoms with van der Waals surface area (Å²) in [5.74, 6) is -0.874. The fraction of sp³-hybridized carbons (Fsp3) is 0.300. The van der Waals surface area contributed by atoms with Crippen LogP contribution >= 0.6 is 0 Å². The van der Waals surface area contributed by atoms with Gasteiger partial charge in [0.1, 0.15) is 6.10 Å². The lowest BCUT2D eigenvalue weighted by Crippen LogP contribution is -2.33. The first-order valence-electron chi connectivity index (χ1n) is 8.50. The Kier molecular flexibility index (Phi) is 4.69. The topological polar surface area (TPSA) is 71.1 Å². The Morgan fingerprint density at radius 1 is 0.846 bits per heavy atom. The summed E-state index contributed by atoms with van der Waals surface area (Å²) in [5, 5.41) is 0. The van der Waals surface area contributed by atoms with Crippen molar-refractivity contribution in [2.45, 2.75) is 31.0 Å². The highest BCUT2D eigenvalue weighted by atomic mass is 16.7. The van der Waals surface area contributed by atoms with Crippen LogP contribution in [0.25, 0.3) is 0 Å². The molecule has 0 radical (unpaired) electrons. The lowest BCUT2D eigenvalue weighted by Gasteiger charge is -2.19. The lowest BCUT2D eigenvalue weighted by molar-refractivity contribution is -0.124. The summed E-state index contributed by atoms with van der Waals surface area (Å²) in [6, 6.07) is 17.5. The second kappa shape index (κ2) is 7.27. The molecule has 0 unspecified atom stereocenters. The normalized spacial score (nSPS) is 26.9. The molecule has 0 N–H and O–H groups in total. The molecule has 0 aromatic heterocycles. The first-order valence-corrected chi connectivity index (χ1v) is 8.50. The molecule has 2 heterocycles. The van der Waals surface area contributed by atoms with E-state index in [9.17, 15) is 9.59 Å². The van der Waals surface area contributed by atoms with Crippen molar-refractivity contribution < 1.29 is 28.5 Å². The average molecular weight is 354 g/mol. The van der Waals surface area contributed by atoms with Crippen LogP contribution in [0, 0.1) is 0 Å². The fourth-order valence-electron chi connectivity index (χ4n) is 3.16. The summed E-state index contributed by atoms with van der Waals surface area (Å²) in [6.07, 6.45) is -1.50. The predicted molar refractivity (Wildman–Crippen MR) is 90.5 cm³/mol. The van der Waals surface area contributed by atoms with Gasteiger partial charge in [-0.05, 0) is 24.3 Å². The van der Waals surface area contributed by atoms with Crippen LogP contribution in [-0.2, 0) is 18.9 Å². The standard InChI is InChI=1S/C20H18O6/c21-19(13-7-3-1-4-8-13)24-16-12-23-15-11-17(25-18(15)16)26-20(22)14-9-5-2-6-10-14/h1-10,15-18H,11-12H2/t15-,16+,17+,18-/m0/s1. The Morgan fingerprint density at radius 2 is 1.42 bits per heavy atom. The number of carbonyl (C=O) groups is 2. The van der Waals surface area contributed by atoms with Crippen LogP contribution < -0.4 is 0 Å². The van der Waals surface area contributed by atoms with E-state index in [1.54, 1.807) is 48.5 Å². The largest absolute Gasteiger partial charge is 0.453 e. The van der Waals surface area contributed by atoms with Gasteiger partial charge < -0.3 is 18.9 Å². The summed E-state index contributed by atoms with van der Waals surface area (Å²) < 4.78 is 22.3. The van der Waals surface area contributed by atoms with E-state index >= 15 is 0 Å². The highest BCUT2D eigenvalue weighted by Crippen LogP contribution is 2.33. The molecule has 2 aromatic rings. The summed E-state index contributed by atoms with van der Waals surface area (Å²) in [5.41, 5.74) is 0.933. The van der Waals surface area contributed by atoms with Crippen molar-refractivity contribution in [3.63, 3.8) is 0 Å². The van der Waals surface area contributed by atoms with Crippen LogP contribution in [0.15, 0.2) is 60.7 Å². The molecule has 0 bridgehead atoms. The van der Waals surface area contributed by atoms with Crippen LogP contribution in [0.1, 0.15) is 27.1 Å². The van der Waals surface area contributed by atoms with Gasteiger partial charge in [-0.25, -0.2) is 9.59 Å². The van der Waals surface area contributed by atoms with E-state index in [1.807, 2.05) is 12.1 Å². The maximum atomic E-state index is 12.2. The molecule has 2 aliphatic rings. The smallest absolute Gasteiger partial charge is 0.340 e. The van der Waals surface area contributed by atoms with Crippen molar-refractivity contribution in [3.05, 3.63) is 71.8 Å². The molecule has 0 amide bonds. The van der Waals surface area contributed by atoms with Gasteiger partial charge in [0.15, 0.2) is 6.10 Å². The fourth-order valence-corrected chi connectivity index (χ4v) is 3.16. The zero-order chi connectivity index (χ0) is 17.9. The summed E-state index contributed by atoms with van der Waals surface area (Å²) >= 11 is 0. The zero-order valence-corrected chi connectivity index (χ0v) is 13.9. The molecule has 0 saturated carbocycles. The number of rotatable bonds is 4. The number of esters is 2. The second-order valence-electron chi connectivity index (χ2n) is 6.22. The Morgan fingerprint density at radius 3 is 2.04 bits per heavy atom. The number of carbonyl (C=O) groups excluding carboxylic acids is 2. The Hall–Kier alpha value is -2.70. The molecule has 134 valence electrons. The van der Waals surface area contributed by atoms with Gasteiger partial charge in [0.25, 0.3) is 0 Å². The molecule has 6 nitrogen and oxygen atoms in total. The van der Waals surface area contributed by atoms with Gasteiger partial charge in [-0.15, -0.1) is 0 Å². The minimum atomic E-state index is -0.712. The van der Waals surface area contributed by atoms with E-state index in [0.717, 1.165) is 0 Å². The van der Waals surface area contributed by atoms with Crippen molar-refractivity contribution in [1.82, 2.24) is 0 Å². The van der Waals surface area contributed by atoms with Crippen LogP contribution in [0.4, 0.5) is 0 Å². The van der Waals surface area contributed by atoms with Crippen molar-refractivity contribution >= 4 is 11.9 Å². The van der Waals surface area contributed by atoms with Gasteiger partial charge in [-0.2, -0.15) is 0 Å². The Balaban J connectivity index is 1.35. The zero-order valence-electron chi connectivity index (χ0n) is 13.9. The van der Waals surface area contributed by atoms with Gasteiger partial charge in [0.2, 0.25) is 6.29 Å². The maximum absolute atomic E-state index is 12.2. The van der Waals surface area contributed by atoms with Gasteiger partial charge in [-0.1, -0.05) is 36.4 Å². The molecule has 2 aliphatic heterocycles. The third-order valence-corrected chi connectivity index (χ3v) is 4.46. The first kappa shape index (κ1) is 16.8. The monoisotopic (exact) mass is 354 g/mol. The van der Waals surface area contributed by atoms with E-state index < -0.39 is 30.4 Å². The number of benzene rings is 2. The Labute approximate surface area is 150 Å². The van der Waals surface area contributed by atoms with Gasteiger partial charge >= 0.3 is 11.9 Å². The van der Waals surface area contributed by atoms with Crippen LogP contribution in [0.5, 0.6) is 0 Å². The summed E-state index contributed by atoms with van der Waals surface area (Å²) in [4.78, 5) is 24.4. The van der Waals surface area contributed by atoms with Crippen molar-refractivity contribution in [2.75, 3.05) is 6.61 Å². The number of fused-ring (bicyclic) bond motifs is 1. The van der Waals surface area contributed by atoms with E-state index in [0.29, 0.717) is 17.5 Å². The second-order valence-corrected chi connectivity index (χ2v) is 6.22. The van der Waals surface area contributed by atoms with Crippen LogP contribution in [-0.4, -0.2) is 43.1 Å². The molecule has 2 fully saturated rings. The number of hydrogen-bond donors (Lipinski definition) is 0. The minimum Gasteiger partial charge on any atom is -0.453 e. The Bertz CT molecular complexity index is 775. The number of hydrogen-bond acceptors (Lipinski definition) is 6. The van der Waals surface area contributed by atoms with Crippen LogP contribution in [0.2, 0.25) is 0 Å². The molecular formula is C20H18O6. The molecule has 6 heteroatoms. The van der Waals surface area contributed by atoms with Crippen molar-refractivity contribution in [1.29, 1.82) is 0 Å². The van der Waals surface area contributed by atoms with Crippen molar-refractivity contribution in [2.24, 2.45) is 0 Å². The summed E-state index contributed by atoms with van der Waals surface area (Å²) in [7, 11) is 0. The lowest BCUT2D eigenvalue weighted by atomic mass is 10.1. The van der Waals surface area contributed by atoms with Gasteiger partial charge in [0, 0.05) is 6.42 Å². The molecule has 2 aromatic carbocycles. The third kappa shape index (κ3) is 3.47. The van der Waals surface area contributed by atoms with E-state index in [2.05, 4.69) is 0 Å². The molecule has 0 aliphatic carbocycles. The predicted octanol–water partition coefficient (Wildman–Crippen LogP) is 2.58. The molecule has 2 saturated heterocycles. The van der Waals surface area contributed by atoms with Gasteiger partial charge in [-0.3, -0.25) is 0 Å². The highest BCUT2D eigenvalue weighted by molar-refractivity contribution is 5.90. The van der Waals surface area contributed by atoms with Crippen LogP contribution in [0.3, 0.4) is 0 Å². The third-order valence-electron chi connectivity index (χ3n) is 4.46. The molecule has 0 spiro atoms. The molecular weight excluding hydrogens is 336 g/mol. The molecule has 4 atom stereocenters. The van der Waals surface area contributed by atoms with E-state index in [4.69, 9.17) is 18.9 Å². The quantitative estimate of drug-likeness (QED) is 0.786. The summed E-state index contributed by atoms with van der Waals surface area (Å²) in [6.45, 7) is 0.271. The molecule has 4 rings (SSSR count). The average Bonchev–Trinajstić information content (AvgIpc) is 3.24. The minimum absolute atomic E-state index is 0.253. The van der Waals surface area contributed by atoms with Crippen molar-refractivity contribution in [3.8, 4) is 0 Å².